The Morgan fingerprint density at radius 2 is 2.14 bits per heavy atom. The SMILES string of the molecule is CSc1nnc(CCCNC(=O)c2n[nH]c3c2CNCC3)n1C1CCCC1.Cl. The van der Waals surface area contributed by atoms with Crippen LogP contribution in [0.15, 0.2) is 5.16 Å². The van der Waals surface area contributed by atoms with Crippen LogP contribution in [-0.4, -0.2) is 50.2 Å². The Labute approximate surface area is 175 Å². The van der Waals surface area contributed by atoms with Crippen molar-refractivity contribution in [1.82, 2.24) is 35.6 Å². The molecule has 154 valence electrons. The molecule has 28 heavy (non-hydrogen) atoms. The second kappa shape index (κ2) is 9.76. The van der Waals surface area contributed by atoms with E-state index in [0.29, 0.717) is 24.8 Å². The first-order chi connectivity index (χ1) is 13.3. The Kier molecular flexibility index (Phi) is 7.36. The summed E-state index contributed by atoms with van der Waals surface area (Å²) in [5.74, 6) is 0.945. The molecule has 2 aliphatic rings. The Balaban J connectivity index is 0.00000225. The zero-order valence-electron chi connectivity index (χ0n) is 16.2. The average molecular weight is 426 g/mol. The number of aryl methyl sites for hydroxylation is 1. The van der Waals surface area contributed by atoms with Crippen LogP contribution >= 0.6 is 24.2 Å². The molecule has 0 radical (unpaired) electrons. The van der Waals surface area contributed by atoms with Crippen molar-refractivity contribution in [3.05, 3.63) is 22.8 Å². The minimum Gasteiger partial charge on any atom is -0.351 e. The summed E-state index contributed by atoms with van der Waals surface area (Å²) >= 11 is 1.66. The van der Waals surface area contributed by atoms with Gasteiger partial charge in [-0.1, -0.05) is 24.6 Å². The molecule has 10 heteroatoms. The van der Waals surface area contributed by atoms with Crippen LogP contribution in [0.25, 0.3) is 0 Å². The van der Waals surface area contributed by atoms with Gasteiger partial charge in [0.1, 0.15) is 5.82 Å². The van der Waals surface area contributed by atoms with E-state index in [9.17, 15) is 4.79 Å². The molecule has 0 bridgehead atoms. The van der Waals surface area contributed by atoms with Gasteiger partial charge in [-0.25, -0.2) is 0 Å². The third kappa shape index (κ3) is 4.36. The van der Waals surface area contributed by atoms with Crippen molar-refractivity contribution in [2.45, 2.75) is 62.7 Å². The van der Waals surface area contributed by atoms with Gasteiger partial charge in [-0.3, -0.25) is 9.89 Å². The summed E-state index contributed by atoms with van der Waals surface area (Å²) in [5.41, 5.74) is 2.61. The van der Waals surface area contributed by atoms with Gasteiger partial charge in [0.05, 0.1) is 0 Å². The lowest BCUT2D eigenvalue weighted by atomic mass is 10.1. The van der Waals surface area contributed by atoms with Gasteiger partial charge in [0, 0.05) is 49.8 Å². The van der Waals surface area contributed by atoms with Crippen molar-refractivity contribution in [3.8, 4) is 0 Å². The Morgan fingerprint density at radius 3 is 2.93 bits per heavy atom. The number of rotatable bonds is 7. The van der Waals surface area contributed by atoms with E-state index in [-0.39, 0.29) is 18.3 Å². The van der Waals surface area contributed by atoms with Gasteiger partial charge in [0.15, 0.2) is 10.9 Å². The number of carbonyl (C=O) groups is 1. The second-order valence-corrected chi connectivity index (χ2v) is 8.00. The third-order valence-corrected chi connectivity index (χ3v) is 6.14. The van der Waals surface area contributed by atoms with Crippen LogP contribution in [0.5, 0.6) is 0 Å². The minimum atomic E-state index is -0.0988. The summed E-state index contributed by atoms with van der Waals surface area (Å²) in [6, 6.07) is 0.537. The number of aromatic amines is 1. The highest BCUT2D eigenvalue weighted by atomic mass is 35.5. The number of halogens is 1. The standard InChI is InChI=1S/C18H27N7OS.ClH/c1-27-18-24-22-15(25(18)12-5-2-3-6-12)7-4-9-20-17(26)16-13-11-19-10-8-14(13)21-23-16;/h12,19H,2-11H2,1H3,(H,20,26)(H,21,23);1H. The van der Waals surface area contributed by atoms with Crippen molar-refractivity contribution in [2.24, 2.45) is 0 Å². The van der Waals surface area contributed by atoms with Gasteiger partial charge in [0.25, 0.3) is 5.91 Å². The summed E-state index contributed by atoms with van der Waals surface area (Å²) in [7, 11) is 0. The van der Waals surface area contributed by atoms with Gasteiger partial charge in [-0.05, 0) is 25.5 Å². The number of carbonyl (C=O) groups excluding carboxylic acids is 1. The van der Waals surface area contributed by atoms with Crippen LogP contribution in [0.2, 0.25) is 0 Å². The van der Waals surface area contributed by atoms with Crippen LogP contribution in [0.3, 0.4) is 0 Å². The molecule has 1 saturated carbocycles. The number of fused-ring (bicyclic) bond motifs is 1. The largest absolute Gasteiger partial charge is 0.351 e. The predicted molar refractivity (Wildman–Crippen MR) is 111 cm³/mol. The van der Waals surface area contributed by atoms with E-state index in [1.54, 1.807) is 11.8 Å². The summed E-state index contributed by atoms with van der Waals surface area (Å²) in [6.45, 7) is 2.24. The number of hydrogen-bond donors (Lipinski definition) is 3. The fraction of sp³-hybridized carbons (Fsp3) is 0.667. The molecule has 8 nitrogen and oxygen atoms in total. The smallest absolute Gasteiger partial charge is 0.272 e. The molecule has 2 aromatic rings. The molecule has 1 aliphatic carbocycles. The molecule has 0 spiro atoms. The Bertz CT molecular complexity index is 800. The van der Waals surface area contributed by atoms with Crippen LogP contribution in [0.4, 0.5) is 0 Å². The van der Waals surface area contributed by atoms with E-state index in [1.165, 1.54) is 25.7 Å². The van der Waals surface area contributed by atoms with Crippen molar-refractivity contribution in [1.29, 1.82) is 0 Å². The van der Waals surface area contributed by atoms with Gasteiger partial charge in [-0.15, -0.1) is 22.6 Å². The highest BCUT2D eigenvalue weighted by Crippen LogP contribution is 2.33. The Hall–Kier alpha value is -1.58. The minimum absolute atomic E-state index is 0. The molecule has 1 aliphatic heterocycles. The number of nitrogens with zero attached hydrogens (tertiary/aromatic N) is 4. The lowest BCUT2D eigenvalue weighted by Gasteiger charge is -2.16. The zero-order chi connectivity index (χ0) is 18.6. The number of aromatic nitrogens is 5. The fourth-order valence-electron chi connectivity index (χ4n) is 4.09. The number of thioether (sulfide) groups is 1. The molecule has 0 unspecified atom stereocenters. The summed E-state index contributed by atoms with van der Waals surface area (Å²) in [6.07, 6.45) is 9.62. The van der Waals surface area contributed by atoms with E-state index in [1.807, 2.05) is 0 Å². The van der Waals surface area contributed by atoms with Gasteiger partial charge in [-0.2, -0.15) is 5.10 Å². The van der Waals surface area contributed by atoms with Crippen LogP contribution in [0.1, 0.15) is 65.7 Å². The van der Waals surface area contributed by atoms with E-state index in [0.717, 1.165) is 48.0 Å². The summed E-state index contributed by atoms with van der Waals surface area (Å²) in [4.78, 5) is 12.5. The van der Waals surface area contributed by atoms with E-state index >= 15 is 0 Å². The van der Waals surface area contributed by atoms with Crippen molar-refractivity contribution >= 4 is 30.1 Å². The highest BCUT2D eigenvalue weighted by Gasteiger charge is 2.24. The third-order valence-electron chi connectivity index (χ3n) is 5.49. The zero-order valence-corrected chi connectivity index (χ0v) is 17.8. The van der Waals surface area contributed by atoms with Crippen molar-refractivity contribution < 1.29 is 4.79 Å². The van der Waals surface area contributed by atoms with Crippen LogP contribution in [-0.2, 0) is 19.4 Å². The maximum atomic E-state index is 12.5. The molecule has 0 atom stereocenters. The van der Waals surface area contributed by atoms with E-state index in [2.05, 4.69) is 41.9 Å². The van der Waals surface area contributed by atoms with E-state index < -0.39 is 0 Å². The molecule has 4 rings (SSSR count). The molecular formula is C18H28ClN7OS. The maximum absolute atomic E-state index is 12.5. The second-order valence-electron chi connectivity index (χ2n) is 7.23. The number of amides is 1. The number of H-pyrrole nitrogens is 1. The van der Waals surface area contributed by atoms with Crippen molar-refractivity contribution in [2.75, 3.05) is 19.3 Å². The van der Waals surface area contributed by atoms with Gasteiger partial charge >= 0.3 is 0 Å². The highest BCUT2D eigenvalue weighted by molar-refractivity contribution is 7.98. The number of nitrogens with one attached hydrogen (secondary N) is 3. The molecule has 3 heterocycles. The number of hydrogen-bond acceptors (Lipinski definition) is 6. The van der Waals surface area contributed by atoms with E-state index in [4.69, 9.17) is 0 Å². The van der Waals surface area contributed by atoms with Crippen molar-refractivity contribution in [3.63, 3.8) is 0 Å². The molecule has 1 fully saturated rings. The molecule has 2 aromatic heterocycles. The first-order valence-electron chi connectivity index (χ1n) is 9.80. The van der Waals surface area contributed by atoms with Gasteiger partial charge in [0.2, 0.25) is 0 Å². The first kappa shape index (κ1) is 21.1. The molecule has 0 aromatic carbocycles. The lowest BCUT2D eigenvalue weighted by molar-refractivity contribution is 0.0947. The maximum Gasteiger partial charge on any atom is 0.272 e. The van der Waals surface area contributed by atoms with Gasteiger partial charge < -0.3 is 15.2 Å². The summed E-state index contributed by atoms with van der Waals surface area (Å²) in [5, 5.41) is 23.3. The lowest BCUT2D eigenvalue weighted by Crippen LogP contribution is -2.29. The normalized spacial score (nSPS) is 16.6. The fourth-order valence-corrected chi connectivity index (χ4v) is 4.67. The topological polar surface area (TPSA) is 101 Å². The quantitative estimate of drug-likeness (QED) is 0.464. The molecular weight excluding hydrogens is 398 g/mol. The molecule has 1 amide bonds. The average Bonchev–Trinajstić information content (AvgIpc) is 3.43. The Morgan fingerprint density at radius 1 is 1.32 bits per heavy atom. The molecule has 3 N–H and O–H groups in total. The monoisotopic (exact) mass is 425 g/mol. The van der Waals surface area contributed by atoms with Crippen LogP contribution in [0, 0.1) is 0 Å². The van der Waals surface area contributed by atoms with Crippen LogP contribution < -0.4 is 10.6 Å². The molecule has 0 saturated heterocycles. The predicted octanol–water partition coefficient (Wildman–Crippen LogP) is 2.27. The summed E-state index contributed by atoms with van der Waals surface area (Å²) < 4.78 is 2.33. The first-order valence-corrected chi connectivity index (χ1v) is 11.0.